The first-order valence-electron chi connectivity index (χ1n) is 4.79. The number of ether oxygens (including phenoxy) is 1. The van der Waals surface area contributed by atoms with Gasteiger partial charge in [0.15, 0.2) is 6.61 Å². The third-order valence-electron chi connectivity index (χ3n) is 2.07. The van der Waals surface area contributed by atoms with Crippen molar-refractivity contribution < 1.29 is 13.9 Å². The van der Waals surface area contributed by atoms with Crippen LogP contribution in [0.2, 0.25) is 0 Å². The number of hydrogen-bond donors (Lipinski definition) is 1. The van der Waals surface area contributed by atoms with Gasteiger partial charge < -0.3 is 14.9 Å². The molecule has 1 aromatic carbocycles. The van der Waals surface area contributed by atoms with Crippen LogP contribution in [0.15, 0.2) is 47.3 Å². The third kappa shape index (κ3) is 2.42. The number of furan rings is 1. The van der Waals surface area contributed by atoms with E-state index in [1.165, 1.54) is 0 Å². The van der Waals surface area contributed by atoms with Crippen LogP contribution < -0.4 is 10.5 Å². The fraction of sp³-hybridized carbons (Fsp3) is 0.0833. The number of nitrogens with two attached hydrogens (primary N) is 1. The van der Waals surface area contributed by atoms with Crippen LogP contribution in [0.3, 0.4) is 0 Å². The van der Waals surface area contributed by atoms with Gasteiger partial charge in [-0.2, -0.15) is 0 Å². The summed E-state index contributed by atoms with van der Waals surface area (Å²) >= 11 is 0. The maximum absolute atomic E-state index is 10.6. The van der Waals surface area contributed by atoms with Gasteiger partial charge in [-0.1, -0.05) is 12.1 Å². The number of amides is 1. The van der Waals surface area contributed by atoms with Crippen molar-refractivity contribution in [3.8, 4) is 16.9 Å². The van der Waals surface area contributed by atoms with Gasteiger partial charge in [-0.25, -0.2) is 0 Å². The molecule has 0 bridgehead atoms. The van der Waals surface area contributed by atoms with Gasteiger partial charge in [-0.15, -0.1) is 0 Å². The molecule has 0 fully saturated rings. The summed E-state index contributed by atoms with van der Waals surface area (Å²) in [5.41, 5.74) is 6.92. The quantitative estimate of drug-likeness (QED) is 0.849. The van der Waals surface area contributed by atoms with E-state index in [1.807, 2.05) is 24.3 Å². The lowest BCUT2D eigenvalue weighted by Crippen LogP contribution is -2.19. The highest BCUT2D eigenvalue weighted by Crippen LogP contribution is 2.23. The van der Waals surface area contributed by atoms with E-state index in [1.54, 1.807) is 18.6 Å². The van der Waals surface area contributed by atoms with Crippen molar-refractivity contribution in [2.75, 3.05) is 6.61 Å². The molecule has 0 atom stereocenters. The summed E-state index contributed by atoms with van der Waals surface area (Å²) in [6.45, 7) is -0.116. The molecule has 4 heteroatoms. The Morgan fingerprint density at radius 2 is 2.19 bits per heavy atom. The van der Waals surface area contributed by atoms with E-state index in [0.29, 0.717) is 5.75 Å². The van der Waals surface area contributed by atoms with E-state index in [4.69, 9.17) is 14.9 Å². The molecule has 2 aromatic rings. The predicted octanol–water partition coefficient (Wildman–Crippen LogP) is 1.81. The summed E-state index contributed by atoms with van der Waals surface area (Å²) in [6, 6.07) is 9.23. The molecule has 0 saturated heterocycles. The van der Waals surface area contributed by atoms with Gasteiger partial charge >= 0.3 is 0 Å². The molecule has 4 nitrogen and oxygen atoms in total. The van der Waals surface area contributed by atoms with Gasteiger partial charge in [0.05, 0.1) is 12.5 Å². The highest BCUT2D eigenvalue weighted by Gasteiger charge is 2.02. The van der Waals surface area contributed by atoms with Crippen LogP contribution in [0.25, 0.3) is 11.1 Å². The molecule has 82 valence electrons. The lowest BCUT2D eigenvalue weighted by molar-refractivity contribution is -0.119. The summed E-state index contributed by atoms with van der Waals surface area (Å²) < 4.78 is 10.2. The molecular formula is C12H11NO3. The summed E-state index contributed by atoms with van der Waals surface area (Å²) in [4.78, 5) is 10.6. The summed E-state index contributed by atoms with van der Waals surface area (Å²) in [5.74, 6) is 0.117. The van der Waals surface area contributed by atoms with Crippen molar-refractivity contribution in [1.29, 1.82) is 0 Å². The maximum atomic E-state index is 10.6. The Hall–Kier alpha value is -2.23. The smallest absolute Gasteiger partial charge is 0.255 e. The van der Waals surface area contributed by atoms with Crippen LogP contribution in [-0.4, -0.2) is 12.5 Å². The second-order valence-corrected chi connectivity index (χ2v) is 3.29. The molecule has 16 heavy (non-hydrogen) atoms. The normalized spacial score (nSPS) is 10.0. The van der Waals surface area contributed by atoms with Gasteiger partial charge in [0, 0.05) is 5.56 Å². The van der Waals surface area contributed by atoms with Crippen molar-refractivity contribution in [3.63, 3.8) is 0 Å². The van der Waals surface area contributed by atoms with Crippen LogP contribution in [0.4, 0.5) is 0 Å². The van der Waals surface area contributed by atoms with Crippen LogP contribution in [0, 0.1) is 0 Å². The number of benzene rings is 1. The van der Waals surface area contributed by atoms with Crippen LogP contribution >= 0.6 is 0 Å². The second-order valence-electron chi connectivity index (χ2n) is 3.29. The average Bonchev–Trinajstić information content (AvgIpc) is 2.80. The lowest BCUT2D eigenvalue weighted by Gasteiger charge is -2.04. The molecule has 0 aliphatic heterocycles. The number of hydrogen-bond acceptors (Lipinski definition) is 3. The van der Waals surface area contributed by atoms with Gasteiger partial charge in [-0.3, -0.25) is 4.79 Å². The Morgan fingerprint density at radius 3 is 2.88 bits per heavy atom. The maximum Gasteiger partial charge on any atom is 0.255 e. The summed E-state index contributed by atoms with van der Waals surface area (Å²) in [6.07, 6.45) is 3.25. The fourth-order valence-electron chi connectivity index (χ4n) is 1.35. The van der Waals surface area contributed by atoms with Gasteiger partial charge in [0.2, 0.25) is 0 Å². The van der Waals surface area contributed by atoms with Gasteiger partial charge in [-0.05, 0) is 23.8 Å². The van der Waals surface area contributed by atoms with E-state index in [9.17, 15) is 4.79 Å². The van der Waals surface area contributed by atoms with Crippen LogP contribution in [-0.2, 0) is 4.79 Å². The molecule has 1 amide bonds. The molecule has 0 aliphatic rings. The molecule has 0 aliphatic carbocycles. The average molecular weight is 217 g/mol. The predicted molar refractivity (Wildman–Crippen MR) is 58.8 cm³/mol. The first-order chi connectivity index (χ1) is 7.75. The molecule has 2 rings (SSSR count). The third-order valence-corrected chi connectivity index (χ3v) is 2.07. The highest BCUT2D eigenvalue weighted by molar-refractivity contribution is 5.75. The van der Waals surface area contributed by atoms with Crippen molar-refractivity contribution in [1.82, 2.24) is 0 Å². The van der Waals surface area contributed by atoms with E-state index in [-0.39, 0.29) is 6.61 Å². The fourth-order valence-corrected chi connectivity index (χ4v) is 1.35. The SMILES string of the molecule is NC(=O)COc1cccc(-c2ccoc2)c1. The largest absolute Gasteiger partial charge is 0.484 e. The monoisotopic (exact) mass is 217 g/mol. The van der Waals surface area contributed by atoms with E-state index in [2.05, 4.69) is 0 Å². The van der Waals surface area contributed by atoms with Crippen molar-refractivity contribution in [3.05, 3.63) is 42.9 Å². The minimum Gasteiger partial charge on any atom is -0.484 e. The zero-order valence-electron chi connectivity index (χ0n) is 8.55. The molecular weight excluding hydrogens is 206 g/mol. The topological polar surface area (TPSA) is 65.5 Å². The first kappa shape index (κ1) is 10.3. The van der Waals surface area contributed by atoms with E-state index in [0.717, 1.165) is 11.1 Å². The van der Waals surface area contributed by atoms with Crippen molar-refractivity contribution in [2.24, 2.45) is 5.73 Å². The Bertz CT molecular complexity index is 477. The molecule has 0 spiro atoms. The number of carbonyl (C=O) groups is 1. The van der Waals surface area contributed by atoms with Crippen LogP contribution in [0.5, 0.6) is 5.75 Å². The Labute approximate surface area is 92.6 Å². The van der Waals surface area contributed by atoms with Gasteiger partial charge in [0.25, 0.3) is 5.91 Å². The Morgan fingerprint density at radius 1 is 1.31 bits per heavy atom. The number of carbonyl (C=O) groups excluding carboxylic acids is 1. The zero-order valence-corrected chi connectivity index (χ0v) is 8.55. The Kier molecular flexibility index (Phi) is 2.91. The molecule has 0 radical (unpaired) electrons. The lowest BCUT2D eigenvalue weighted by atomic mass is 10.1. The first-order valence-corrected chi connectivity index (χ1v) is 4.79. The number of primary amides is 1. The minimum absolute atomic E-state index is 0.116. The molecule has 0 saturated carbocycles. The molecule has 1 aromatic heterocycles. The number of rotatable bonds is 4. The van der Waals surface area contributed by atoms with Gasteiger partial charge in [0.1, 0.15) is 5.75 Å². The highest BCUT2D eigenvalue weighted by atomic mass is 16.5. The minimum atomic E-state index is -0.492. The van der Waals surface area contributed by atoms with Crippen molar-refractivity contribution >= 4 is 5.91 Å². The molecule has 1 heterocycles. The summed E-state index contributed by atoms with van der Waals surface area (Å²) in [7, 11) is 0. The van der Waals surface area contributed by atoms with E-state index < -0.39 is 5.91 Å². The van der Waals surface area contributed by atoms with Crippen LogP contribution in [0.1, 0.15) is 0 Å². The van der Waals surface area contributed by atoms with Crippen molar-refractivity contribution in [2.45, 2.75) is 0 Å². The second kappa shape index (κ2) is 4.53. The Balaban J connectivity index is 2.17. The standard InChI is InChI=1S/C12H11NO3/c13-12(14)8-16-11-3-1-2-9(6-11)10-4-5-15-7-10/h1-7H,8H2,(H2,13,14). The molecule has 0 unspecified atom stereocenters. The zero-order chi connectivity index (χ0) is 11.4. The molecule has 2 N–H and O–H groups in total. The summed E-state index contributed by atoms with van der Waals surface area (Å²) in [5, 5.41) is 0. The van der Waals surface area contributed by atoms with E-state index >= 15 is 0 Å².